The molecule has 0 radical (unpaired) electrons. The Hall–Kier alpha value is -2.22. The highest BCUT2D eigenvalue weighted by Gasteiger charge is 2.10. The van der Waals surface area contributed by atoms with Gasteiger partial charge in [-0.3, -0.25) is 4.90 Å². The van der Waals surface area contributed by atoms with E-state index in [1.54, 1.807) is 0 Å². The lowest BCUT2D eigenvalue weighted by atomic mass is 10.2. The van der Waals surface area contributed by atoms with Crippen molar-refractivity contribution in [1.82, 2.24) is 0 Å². The number of rotatable bonds is 3. The Bertz CT molecular complexity index is 449. The first-order valence-corrected chi connectivity index (χ1v) is 5.65. The summed E-state index contributed by atoms with van der Waals surface area (Å²) in [5.41, 5.74) is 8.20. The number of para-hydroxylation sites is 2. The minimum Gasteiger partial charge on any atom is -0.385 e. The highest BCUT2D eigenvalue weighted by Crippen LogP contribution is 2.27. The van der Waals surface area contributed by atoms with Crippen molar-refractivity contribution in [3.63, 3.8) is 0 Å². The third-order valence-corrected chi connectivity index (χ3v) is 2.58. The number of anilines is 2. The van der Waals surface area contributed by atoms with Gasteiger partial charge >= 0.3 is 0 Å². The molecule has 2 N–H and O–H groups in total. The molecular weight excluding hydrogens is 208 g/mol. The predicted molar refractivity (Wildman–Crippen MR) is 73.0 cm³/mol. The molecule has 2 heteroatoms. The van der Waals surface area contributed by atoms with E-state index in [1.165, 1.54) is 0 Å². The molecule has 86 valence electrons. The summed E-state index contributed by atoms with van der Waals surface area (Å²) in [5, 5.41) is 0. The van der Waals surface area contributed by atoms with Gasteiger partial charge in [0.1, 0.15) is 5.82 Å². The molecule has 0 saturated heterocycles. The Labute approximate surface area is 102 Å². The molecule has 2 rings (SSSR count). The molecule has 2 aromatic rings. The van der Waals surface area contributed by atoms with Crippen molar-refractivity contribution in [3.05, 3.63) is 72.6 Å². The second-order valence-electron chi connectivity index (χ2n) is 3.72. The molecule has 0 heterocycles. The summed E-state index contributed by atoms with van der Waals surface area (Å²) < 4.78 is 0. The van der Waals surface area contributed by atoms with Crippen LogP contribution in [-0.4, -0.2) is 0 Å². The first-order valence-electron chi connectivity index (χ1n) is 5.65. The smallest absolute Gasteiger partial charge is 0.103 e. The topological polar surface area (TPSA) is 29.3 Å². The minimum absolute atomic E-state index is 0.724. The van der Waals surface area contributed by atoms with E-state index in [2.05, 4.69) is 0 Å². The van der Waals surface area contributed by atoms with Crippen LogP contribution in [0.2, 0.25) is 0 Å². The Kier molecular flexibility index (Phi) is 3.46. The zero-order chi connectivity index (χ0) is 12.1. The zero-order valence-corrected chi connectivity index (χ0v) is 9.88. The van der Waals surface area contributed by atoms with Gasteiger partial charge in [-0.1, -0.05) is 36.4 Å². The highest BCUT2D eigenvalue weighted by atomic mass is 15.2. The van der Waals surface area contributed by atoms with Crippen LogP contribution >= 0.6 is 0 Å². The van der Waals surface area contributed by atoms with Gasteiger partial charge in [-0.15, -0.1) is 0 Å². The maximum atomic E-state index is 6.07. The largest absolute Gasteiger partial charge is 0.385 e. The van der Waals surface area contributed by atoms with Gasteiger partial charge in [-0.05, 0) is 37.3 Å². The van der Waals surface area contributed by atoms with Crippen molar-refractivity contribution in [2.75, 3.05) is 4.90 Å². The lowest BCUT2D eigenvalue weighted by Crippen LogP contribution is -2.22. The van der Waals surface area contributed by atoms with Gasteiger partial charge in [0, 0.05) is 11.4 Å². The van der Waals surface area contributed by atoms with E-state index in [1.807, 2.05) is 78.6 Å². The van der Waals surface area contributed by atoms with E-state index < -0.39 is 0 Å². The number of benzene rings is 2. The van der Waals surface area contributed by atoms with Crippen LogP contribution in [0.15, 0.2) is 72.6 Å². The van der Waals surface area contributed by atoms with Crippen LogP contribution in [-0.2, 0) is 0 Å². The first-order chi connectivity index (χ1) is 8.33. The lowest BCUT2D eigenvalue weighted by molar-refractivity contribution is 1.11. The molecule has 2 aromatic carbocycles. The van der Waals surface area contributed by atoms with E-state index >= 15 is 0 Å². The van der Waals surface area contributed by atoms with E-state index in [4.69, 9.17) is 5.73 Å². The lowest BCUT2D eigenvalue weighted by Gasteiger charge is -2.24. The Balaban J connectivity index is 2.47. The summed E-state index contributed by atoms with van der Waals surface area (Å²) in [6.07, 6.45) is 1.90. The molecule has 0 aliphatic heterocycles. The van der Waals surface area contributed by atoms with Crippen LogP contribution in [0.5, 0.6) is 0 Å². The summed E-state index contributed by atoms with van der Waals surface area (Å²) in [7, 11) is 0. The van der Waals surface area contributed by atoms with Crippen LogP contribution in [0, 0.1) is 0 Å². The molecule has 0 aliphatic carbocycles. The third kappa shape index (κ3) is 2.48. The SMILES string of the molecule is CC=C(N)N(c1ccccc1)c1ccccc1. The summed E-state index contributed by atoms with van der Waals surface area (Å²) in [6, 6.07) is 20.2. The molecule has 0 saturated carbocycles. The van der Waals surface area contributed by atoms with Crippen LogP contribution in [0.3, 0.4) is 0 Å². The maximum Gasteiger partial charge on any atom is 0.103 e. The molecule has 0 bridgehead atoms. The van der Waals surface area contributed by atoms with E-state index in [-0.39, 0.29) is 0 Å². The third-order valence-electron chi connectivity index (χ3n) is 2.58. The van der Waals surface area contributed by atoms with Crippen LogP contribution in [0.25, 0.3) is 0 Å². The van der Waals surface area contributed by atoms with Crippen molar-refractivity contribution < 1.29 is 0 Å². The molecular formula is C15H16N2. The molecule has 0 unspecified atom stereocenters. The Morgan fingerprint density at radius 1 is 0.882 bits per heavy atom. The van der Waals surface area contributed by atoms with Crippen LogP contribution in [0.4, 0.5) is 11.4 Å². The fourth-order valence-corrected chi connectivity index (χ4v) is 1.73. The second kappa shape index (κ2) is 5.21. The normalized spacial score (nSPS) is 11.2. The molecule has 17 heavy (non-hydrogen) atoms. The standard InChI is InChI=1S/C15H16N2/c1-2-15(16)17(13-9-5-3-6-10-13)14-11-7-4-8-12-14/h2-12H,16H2,1H3. The van der Waals surface area contributed by atoms with Gasteiger partial charge in [0.05, 0.1) is 0 Å². The van der Waals surface area contributed by atoms with Gasteiger partial charge in [0.2, 0.25) is 0 Å². The summed E-state index contributed by atoms with van der Waals surface area (Å²) in [6.45, 7) is 1.94. The molecule has 0 aliphatic rings. The van der Waals surface area contributed by atoms with Crippen molar-refractivity contribution >= 4 is 11.4 Å². The molecule has 2 nitrogen and oxygen atoms in total. The second-order valence-corrected chi connectivity index (χ2v) is 3.72. The van der Waals surface area contributed by atoms with Crippen molar-refractivity contribution in [1.29, 1.82) is 0 Å². The molecule has 0 amide bonds. The highest BCUT2D eigenvalue weighted by molar-refractivity contribution is 5.67. The summed E-state index contributed by atoms with van der Waals surface area (Å²) >= 11 is 0. The average molecular weight is 224 g/mol. The first kappa shape index (κ1) is 11.3. The quantitative estimate of drug-likeness (QED) is 0.862. The van der Waals surface area contributed by atoms with Gasteiger partial charge in [0.25, 0.3) is 0 Å². The van der Waals surface area contributed by atoms with E-state index in [0.717, 1.165) is 17.2 Å². The summed E-state index contributed by atoms with van der Waals surface area (Å²) in [5.74, 6) is 0.724. The van der Waals surface area contributed by atoms with Gasteiger partial charge in [0.15, 0.2) is 0 Å². The van der Waals surface area contributed by atoms with Crippen molar-refractivity contribution in [2.45, 2.75) is 6.92 Å². The van der Waals surface area contributed by atoms with E-state index in [0.29, 0.717) is 0 Å². The van der Waals surface area contributed by atoms with Gasteiger partial charge < -0.3 is 5.73 Å². The Morgan fingerprint density at radius 3 is 1.65 bits per heavy atom. The summed E-state index contributed by atoms with van der Waals surface area (Å²) in [4.78, 5) is 2.03. The molecule has 0 fully saturated rings. The molecule has 0 atom stereocenters. The number of hydrogen-bond acceptors (Lipinski definition) is 2. The number of hydrogen-bond donors (Lipinski definition) is 1. The van der Waals surface area contributed by atoms with Gasteiger partial charge in [-0.2, -0.15) is 0 Å². The fraction of sp³-hybridized carbons (Fsp3) is 0.0667. The van der Waals surface area contributed by atoms with Crippen molar-refractivity contribution in [2.24, 2.45) is 5.73 Å². The van der Waals surface area contributed by atoms with Crippen LogP contribution < -0.4 is 10.6 Å². The Morgan fingerprint density at radius 2 is 1.29 bits per heavy atom. The van der Waals surface area contributed by atoms with Crippen molar-refractivity contribution in [3.8, 4) is 0 Å². The fourth-order valence-electron chi connectivity index (χ4n) is 1.73. The number of nitrogens with two attached hydrogens (primary N) is 1. The monoisotopic (exact) mass is 224 g/mol. The molecule has 0 spiro atoms. The van der Waals surface area contributed by atoms with Crippen LogP contribution in [0.1, 0.15) is 6.92 Å². The maximum absolute atomic E-state index is 6.07. The minimum atomic E-state index is 0.724. The number of allylic oxidation sites excluding steroid dienone is 1. The van der Waals surface area contributed by atoms with E-state index in [9.17, 15) is 0 Å². The number of nitrogens with zero attached hydrogens (tertiary/aromatic N) is 1. The van der Waals surface area contributed by atoms with Gasteiger partial charge in [-0.25, -0.2) is 0 Å². The molecule has 0 aromatic heterocycles. The zero-order valence-electron chi connectivity index (χ0n) is 9.88. The average Bonchev–Trinajstić information content (AvgIpc) is 2.41. The predicted octanol–water partition coefficient (Wildman–Crippen LogP) is 3.64.